The third kappa shape index (κ3) is 3.02. The molecule has 1 atom stereocenters. The monoisotopic (exact) mass is 198 g/mol. The van der Waals surface area contributed by atoms with Gasteiger partial charge in [0.1, 0.15) is 0 Å². The van der Waals surface area contributed by atoms with Gasteiger partial charge < -0.3 is 5.11 Å². The van der Waals surface area contributed by atoms with Gasteiger partial charge in [-0.05, 0) is 43.0 Å². The van der Waals surface area contributed by atoms with Gasteiger partial charge in [0, 0.05) is 5.02 Å². The van der Waals surface area contributed by atoms with Gasteiger partial charge in [-0.25, -0.2) is 0 Å². The van der Waals surface area contributed by atoms with Gasteiger partial charge in [-0.3, -0.25) is 0 Å². The van der Waals surface area contributed by atoms with Crippen molar-refractivity contribution < 1.29 is 5.11 Å². The van der Waals surface area contributed by atoms with E-state index in [0.717, 1.165) is 17.0 Å². The number of halogens is 1. The highest BCUT2D eigenvalue weighted by Crippen LogP contribution is 2.17. The number of hydrogen-bond donors (Lipinski definition) is 1. The second-order valence-corrected chi connectivity index (χ2v) is 3.77. The molecule has 0 bridgehead atoms. The lowest BCUT2D eigenvalue weighted by Gasteiger charge is -2.10. The molecule has 0 aromatic heterocycles. The Morgan fingerprint density at radius 3 is 2.77 bits per heavy atom. The Morgan fingerprint density at radius 2 is 2.15 bits per heavy atom. The van der Waals surface area contributed by atoms with Crippen molar-refractivity contribution in [1.29, 1.82) is 0 Å². The van der Waals surface area contributed by atoms with Gasteiger partial charge in [0.25, 0.3) is 0 Å². The molecule has 0 amide bonds. The average Bonchev–Trinajstić information content (AvgIpc) is 2.11. The van der Waals surface area contributed by atoms with E-state index in [1.807, 2.05) is 32.0 Å². The first-order chi connectivity index (χ1) is 6.13. The minimum absolute atomic E-state index is 0.253. The molecule has 1 rings (SSSR count). The second kappa shape index (κ2) is 4.64. The average molecular weight is 199 g/mol. The summed E-state index contributed by atoms with van der Waals surface area (Å²) in [7, 11) is 0. The first kappa shape index (κ1) is 10.6. The molecule has 0 heterocycles. The van der Waals surface area contributed by atoms with Gasteiger partial charge in [-0.2, -0.15) is 0 Å². The number of aryl methyl sites for hydroxylation is 1. The molecule has 1 aromatic carbocycles. The van der Waals surface area contributed by atoms with Gasteiger partial charge in [0.15, 0.2) is 0 Å². The fourth-order valence-electron chi connectivity index (χ4n) is 1.26. The zero-order valence-electron chi connectivity index (χ0n) is 8.05. The van der Waals surface area contributed by atoms with Crippen molar-refractivity contribution in [2.75, 3.05) is 0 Å². The lowest BCUT2D eigenvalue weighted by atomic mass is 10.0. The summed E-state index contributed by atoms with van der Waals surface area (Å²) in [5, 5.41) is 10.2. The van der Waals surface area contributed by atoms with Crippen LogP contribution in [0.3, 0.4) is 0 Å². The minimum atomic E-state index is -0.253. The van der Waals surface area contributed by atoms with Crippen molar-refractivity contribution in [3.63, 3.8) is 0 Å². The largest absolute Gasteiger partial charge is 0.393 e. The molecule has 0 spiro atoms. The number of rotatable bonds is 3. The van der Waals surface area contributed by atoms with Crippen LogP contribution >= 0.6 is 11.6 Å². The van der Waals surface area contributed by atoms with Crippen molar-refractivity contribution in [2.45, 2.75) is 32.8 Å². The summed E-state index contributed by atoms with van der Waals surface area (Å²) in [6.07, 6.45) is 1.23. The molecule has 13 heavy (non-hydrogen) atoms. The highest BCUT2D eigenvalue weighted by Gasteiger charge is 2.05. The maximum Gasteiger partial charge on any atom is 0.0578 e. The first-order valence-corrected chi connectivity index (χ1v) is 4.94. The third-order valence-corrected chi connectivity index (χ3v) is 2.47. The number of hydrogen-bond acceptors (Lipinski definition) is 1. The summed E-state index contributed by atoms with van der Waals surface area (Å²) >= 11 is 5.86. The van der Waals surface area contributed by atoms with E-state index in [-0.39, 0.29) is 6.10 Å². The summed E-state index contributed by atoms with van der Waals surface area (Å²) in [5.41, 5.74) is 2.33. The van der Waals surface area contributed by atoms with Crippen LogP contribution in [0, 0.1) is 6.92 Å². The maximum atomic E-state index is 9.48. The van der Waals surface area contributed by atoms with E-state index >= 15 is 0 Å². The van der Waals surface area contributed by atoms with E-state index in [1.165, 1.54) is 5.56 Å². The summed E-state index contributed by atoms with van der Waals surface area (Å²) in [4.78, 5) is 0. The number of benzene rings is 1. The van der Waals surface area contributed by atoms with E-state index in [4.69, 9.17) is 11.6 Å². The Morgan fingerprint density at radius 1 is 1.46 bits per heavy atom. The van der Waals surface area contributed by atoms with Crippen LogP contribution in [0.4, 0.5) is 0 Å². The van der Waals surface area contributed by atoms with Gasteiger partial charge >= 0.3 is 0 Å². The van der Waals surface area contributed by atoms with Crippen molar-refractivity contribution in [2.24, 2.45) is 0 Å². The summed E-state index contributed by atoms with van der Waals surface area (Å²) in [6, 6.07) is 5.79. The molecular formula is C11H15ClO. The fraction of sp³-hybridized carbons (Fsp3) is 0.455. The Kier molecular flexibility index (Phi) is 3.76. The predicted octanol–water partition coefficient (Wildman–Crippen LogP) is 2.96. The number of aliphatic hydroxyl groups is 1. The van der Waals surface area contributed by atoms with Crippen LogP contribution in [-0.2, 0) is 6.42 Å². The van der Waals surface area contributed by atoms with E-state index < -0.39 is 0 Å². The van der Waals surface area contributed by atoms with Gasteiger partial charge in [0.05, 0.1) is 6.10 Å². The molecule has 1 aromatic rings. The van der Waals surface area contributed by atoms with Crippen LogP contribution in [0.25, 0.3) is 0 Å². The van der Waals surface area contributed by atoms with Crippen molar-refractivity contribution in [3.8, 4) is 0 Å². The van der Waals surface area contributed by atoms with E-state index in [0.29, 0.717) is 6.42 Å². The molecule has 1 nitrogen and oxygen atoms in total. The van der Waals surface area contributed by atoms with Crippen molar-refractivity contribution in [1.82, 2.24) is 0 Å². The highest BCUT2D eigenvalue weighted by atomic mass is 35.5. The zero-order chi connectivity index (χ0) is 9.84. The number of aliphatic hydroxyl groups excluding tert-OH is 1. The molecule has 72 valence electrons. The topological polar surface area (TPSA) is 20.2 Å². The highest BCUT2D eigenvalue weighted by molar-refractivity contribution is 6.30. The quantitative estimate of drug-likeness (QED) is 0.792. The Labute approximate surface area is 84.4 Å². The van der Waals surface area contributed by atoms with E-state index in [1.54, 1.807) is 0 Å². The van der Waals surface area contributed by atoms with Gasteiger partial charge in [-0.15, -0.1) is 0 Å². The molecule has 0 aliphatic heterocycles. The normalized spacial score (nSPS) is 12.9. The molecule has 0 saturated heterocycles. The smallest absolute Gasteiger partial charge is 0.0578 e. The van der Waals surface area contributed by atoms with Crippen LogP contribution in [-0.4, -0.2) is 11.2 Å². The molecule has 0 radical (unpaired) electrons. The molecule has 0 fully saturated rings. The lowest BCUT2D eigenvalue weighted by molar-refractivity contribution is 0.170. The molecule has 2 heteroatoms. The van der Waals surface area contributed by atoms with Crippen LogP contribution in [0.5, 0.6) is 0 Å². The van der Waals surface area contributed by atoms with Gasteiger partial charge in [0.2, 0.25) is 0 Å². The summed E-state index contributed by atoms with van der Waals surface area (Å²) in [5.74, 6) is 0. The molecular weight excluding hydrogens is 184 g/mol. The van der Waals surface area contributed by atoms with Gasteiger partial charge in [-0.1, -0.05) is 24.6 Å². The van der Waals surface area contributed by atoms with Crippen molar-refractivity contribution in [3.05, 3.63) is 34.3 Å². The van der Waals surface area contributed by atoms with Crippen LogP contribution in [0.2, 0.25) is 5.02 Å². The Bertz CT molecular complexity index is 283. The second-order valence-electron chi connectivity index (χ2n) is 3.34. The fourth-order valence-corrected chi connectivity index (χ4v) is 1.45. The summed E-state index contributed by atoms with van der Waals surface area (Å²) < 4.78 is 0. The summed E-state index contributed by atoms with van der Waals surface area (Å²) in [6.45, 7) is 4.01. The van der Waals surface area contributed by atoms with Crippen LogP contribution in [0.15, 0.2) is 18.2 Å². The van der Waals surface area contributed by atoms with Crippen molar-refractivity contribution >= 4 is 11.6 Å². The molecule has 1 unspecified atom stereocenters. The van der Waals surface area contributed by atoms with E-state index in [2.05, 4.69) is 0 Å². The van der Waals surface area contributed by atoms with Crippen LogP contribution in [0.1, 0.15) is 24.5 Å². The molecule has 0 aliphatic rings. The first-order valence-electron chi connectivity index (χ1n) is 4.56. The third-order valence-electron chi connectivity index (χ3n) is 2.24. The molecule has 0 aliphatic carbocycles. The predicted molar refractivity (Wildman–Crippen MR) is 56.2 cm³/mol. The maximum absolute atomic E-state index is 9.48. The zero-order valence-corrected chi connectivity index (χ0v) is 8.80. The molecule has 1 N–H and O–H groups in total. The minimum Gasteiger partial charge on any atom is -0.393 e. The standard InChI is InChI=1S/C11H15ClO/c1-3-11(13)7-9-6-10(12)5-4-8(9)2/h4-6,11,13H,3,7H2,1-2H3. The lowest BCUT2D eigenvalue weighted by Crippen LogP contribution is -2.09. The Balaban J connectivity index is 2.81. The van der Waals surface area contributed by atoms with E-state index in [9.17, 15) is 5.11 Å². The molecule has 0 saturated carbocycles. The SMILES string of the molecule is CCC(O)Cc1cc(Cl)ccc1C. The van der Waals surface area contributed by atoms with Crippen LogP contribution < -0.4 is 0 Å². The Hall–Kier alpha value is -0.530.